The maximum absolute atomic E-state index is 14.8. The van der Waals surface area contributed by atoms with E-state index in [-0.39, 0.29) is 24.4 Å². The van der Waals surface area contributed by atoms with Gasteiger partial charge in [0.05, 0.1) is 0 Å². The molecule has 2 rings (SSSR count). The molecule has 1 saturated heterocycles. The molecule has 0 spiro atoms. The first-order valence-electron chi connectivity index (χ1n) is 10.0. The predicted molar refractivity (Wildman–Crippen MR) is 99.7 cm³/mol. The van der Waals surface area contributed by atoms with Gasteiger partial charge in [-0.3, -0.25) is 4.79 Å². The molecule has 154 valence electrons. The normalized spacial score (nSPS) is 32.4. The van der Waals surface area contributed by atoms with Crippen LogP contribution in [0.4, 0.5) is 8.78 Å². The summed E-state index contributed by atoms with van der Waals surface area (Å²) >= 11 is 0. The summed E-state index contributed by atoms with van der Waals surface area (Å²) < 4.78 is 35.1. The molecule has 2 unspecified atom stereocenters. The third-order valence-corrected chi connectivity index (χ3v) is 5.72. The highest BCUT2D eigenvalue weighted by molar-refractivity contribution is 5.66. The zero-order valence-electron chi connectivity index (χ0n) is 16.2. The molecule has 2 aliphatic rings. The fourth-order valence-corrected chi connectivity index (χ4v) is 3.99. The number of halogens is 2. The lowest BCUT2D eigenvalue weighted by Gasteiger charge is -2.24. The van der Waals surface area contributed by atoms with Gasteiger partial charge in [-0.15, -0.1) is 0 Å². The maximum atomic E-state index is 14.8. The van der Waals surface area contributed by atoms with Crippen LogP contribution in [0, 0.1) is 11.8 Å². The molecular formula is C21H32F2O4. The minimum Gasteiger partial charge on any atom is -0.492 e. The van der Waals surface area contributed by atoms with Crippen molar-refractivity contribution in [3.63, 3.8) is 0 Å². The molecule has 0 bridgehead atoms. The molecule has 0 aromatic carbocycles. The number of carbonyl (C=O) groups is 1. The van der Waals surface area contributed by atoms with Gasteiger partial charge < -0.3 is 14.9 Å². The van der Waals surface area contributed by atoms with Crippen LogP contribution in [0.2, 0.25) is 0 Å². The molecule has 6 atom stereocenters. The molecule has 6 heteroatoms. The smallest absolute Gasteiger partial charge is 0.303 e. The second kappa shape index (κ2) is 9.67. The summed E-state index contributed by atoms with van der Waals surface area (Å²) in [6.45, 7) is 3.38. The number of rotatable bonds is 10. The van der Waals surface area contributed by atoms with Crippen molar-refractivity contribution in [3.05, 3.63) is 24.0 Å². The molecule has 0 radical (unpaired) electrons. The summed E-state index contributed by atoms with van der Waals surface area (Å²) in [6.07, 6.45) is 6.58. The summed E-state index contributed by atoms with van der Waals surface area (Å²) in [5, 5.41) is 18.8. The summed E-state index contributed by atoms with van der Waals surface area (Å²) in [5.74, 6) is -0.975. The van der Waals surface area contributed by atoms with Crippen LogP contribution in [-0.2, 0) is 9.53 Å². The standard InChI is InChI=1S/C21H32F2O4/c1-3-4-13-21(2,23)17(24)12-10-14-9-11-15-19(14)20(22)16(27-15)7-5-6-8-18(25)26/h7,10,12,14-15,17,19-20,24H,3-6,8-9,11,13H2,1-2H3,(H,25,26)/t14-,15+,17-,19-,20?,21?/m1/s1. The van der Waals surface area contributed by atoms with Crippen molar-refractivity contribution >= 4 is 5.97 Å². The zero-order chi connectivity index (χ0) is 20.0. The topological polar surface area (TPSA) is 66.8 Å². The molecule has 2 N–H and O–H groups in total. The molecular weight excluding hydrogens is 354 g/mol. The highest BCUT2D eigenvalue weighted by Crippen LogP contribution is 2.47. The van der Waals surface area contributed by atoms with Crippen molar-refractivity contribution in [1.82, 2.24) is 0 Å². The van der Waals surface area contributed by atoms with Gasteiger partial charge in [0, 0.05) is 12.3 Å². The van der Waals surface area contributed by atoms with Crippen molar-refractivity contribution in [2.75, 3.05) is 0 Å². The van der Waals surface area contributed by atoms with E-state index in [1.807, 2.05) is 6.92 Å². The van der Waals surface area contributed by atoms with Crippen molar-refractivity contribution < 1.29 is 28.5 Å². The molecule has 1 aliphatic heterocycles. The molecule has 0 aromatic heterocycles. The van der Waals surface area contributed by atoms with Crippen LogP contribution < -0.4 is 0 Å². The molecule has 4 nitrogen and oxygen atoms in total. The number of alkyl halides is 2. The van der Waals surface area contributed by atoms with Crippen LogP contribution in [0.5, 0.6) is 0 Å². The minimum absolute atomic E-state index is 0.0525. The first-order chi connectivity index (χ1) is 12.8. The van der Waals surface area contributed by atoms with Gasteiger partial charge in [0.1, 0.15) is 23.6 Å². The summed E-state index contributed by atoms with van der Waals surface area (Å²) in [5.41, 5.74) is -1.68. The highest BCUT2D eigenvalue weighted by atomic mass is 19.1. The van der Waals surface area contributed by atoms with Crippen LogP contribution in [0.15, 0.2) is 24.0 Å². The number of allylic oxidation sites excluding steroid dienone is 3. The Morgan fingerprint density at radius 3 is 2.81 bits per heavy atom. The lowest BCUT2D eigenvalue weighted by Crippen LogP contribution is -2.33. The molecule has 0 aromatic rings. The van der Waals surface area contributed by atoms with Crippen LogP contribution in [-0.4, -0.2) is 40.2 Å². The van der Waals surface area contributed by atoms with E-state index >= 15 is 0 Å². The predicted octanol–water partition coefficient (Wildman–Crippen LogP) is 4.72. The largest absolute Gasteiger partial charge is 0.492 e. The van der Waals surface area contributed by atoms with Crippen LogP contribution >= 0.6 is 0 Å². The van der Waals surface area contributed by atoms with Gasteiger partial charge in [0.2, 0.25) is 0 Å². The fraction of sp³-hybridized carbons (Fsp3) is 0.762. The maximum Gasteiger partial charge on any atom is 0.303 e. The number of hydrogen-bond acceptors (Lipinski definition) is 3. The Bertz CT molecular complexity index is 558. The van der Waals surface area contributed by atoms with Crippen LogP contribution in [0.3, 0.4) is 0 Å². The molecule has 1 saturated carbocycles. The van der Waals surface area contributed by atoms with Gasteiger partial charge in [0.25, 0.3) is 0 Å². The van der Waals surface area contributed by atoms with E-state index < -0.39 is 23.9 Å². The Morgan fingerprint density at radius 2 is 2.15 bits per heavy atom. The van der Waals surface area contributed by atoms with E-state index in [1.165, 1.54) is 13.0 Å². The third-order valence-electron chi connectivity index (χ3n) is 5.72. The van der Waals surface area contributed by atoms with E-state index in [1.54, 1.807) is 12.2 Å². The Balaban J connectivity index is 1.93. The number of aliphatic carboxylic acids is 1. The average molecular weight is 386 g/mol. The highest BCUT2D eigenvalue weighted by Gasteiger charge is 2.49. The Kier molecular flexibility index (Phi) is 7.83. The molecule has 1 aliphatic carbocycles. The van der Waals surface area contributed by atoms with E-state index in [2.05, 4.69) is 0 Å². The van der Waals surface area contributed by atoms with Gasteiger partial charge >= 0.3 is 5.97 Å². The van der Waals surface area contributed by atoms with Crippen LogP contribution in [0.1, 0.15) is 65.2 Å². The van der Waals surface area contributed by atoms with Crippen molar-refractivity contribution in [3.8, 4) is 0 Å². The third kappa shape index (κ3) is 5.77. The number of carboxylic acids is 1. The minimum atomic E-state index is -1.68. The van der Waals surface area contributed by atoms with E-state index in [4.69, 9.17) is 9.84 Å². The SMILES string of the molecule is CCCCC(C)(F)[C@H](O)C=C[C@H]1CC[C@@H]2OC(=CCCCC(=O)O)C(F)[C@@H]21. The van der Waals surface area contributed by atoms with E-state index in [0.717, 1.165) is 19.3 Å². The van der Waals surface area contributed by atoms with Crippen LogP contribution in [0.25, 0.3) is 0 Å². The molecule has 27 heavy (non-hydrogen) atoms. The monoisotopic (exact) mass is 386 g/mol. The number of carboxylic acid groups (broad SMARTS) is 1. The van der Waals surface area contributed by atoms with Gasteiger partial charge in [-0.2, -0.15) is 0 Å². The molecule has 0 amide bonds. The average Bonchev–Trinajstić information content (AvgIpc) is 3.15. The van der Waals surface area contributed by atoms with Gasteiger partial charge in [-0.05, 0) is 51.0 Å². The summed E-state index contributed by atoms with van der Waals surface area (Å²) in [4.78, 5) is 10.5. The Labute approximate surface area is 160 Å². The number of unbranched alkanes of at least 4 members (excludes halogenated alkanes) is 2. The quantitative estimate of drug-likeness (QED) is 0.421. The number of aliphatic hydroxyl groups excluding tert-OH is 1. The molecule has 2 fully saturated rings. The second-order valence-corrected chi connectivity index (χ2v) is 7.98. The number of fused-ring (bicyclic) bond motifs is 1. The number of aliphatic hydroxyl groups is 1. The van der Waals surface area contributed by atoms with E-state index in [9.17, 15) is 18.7 Å². The number of hydrogen-bond donors (Lipinski definition) is 2. The van der Waals surface area contributed by atoms with Gasteiger partial charge in [-0.1, -0.05) is 31.9 Å². The molecule has 1 heterocycles. The van der Waals surface area contributed by atoms with Crippen molar-refractivity contribution in [1.29, 1.82) is 0 Å². The Hall–Kier alpha value is -1.43. The van der Waals surface area contributed by atoms with Crippen molar-refractivity contribution in [2.24, 2.45) is 11.8 Å². The van der Waals surface area contributed by atoms with Gasteiger partial charge in [0.15, 0.2) is 6.17 Å². The lowest BCUT2D eigenvalue weighted by atomic mass is 9.88. The lowest BCUT2D eigenvalue weighted by molar-refractivity contribution is -0.137. The van der Waals surface area contributed by atoms with Gasteiger partial charge in [-0.25, -0.2) is 8.78 Å². The Morgan fingerprint density at radius 1 is 1.41 bits per heavy atom. The number of ether oxygens (including phenoxy) is 1. The summed E-state index contributed by atoms with van der Waals surface area (Å²) in [6, 6.07) is 0. The van der Waals surface area contributed by atoms with E-state index in [0.29, 0.717) is 31.4 Å². The zero-order valence-corrected chi connectivity index (χ0v) is 16.2. The first kappa shape index (κ1) is 21.9. The van der Waals surface area contributed by atoms with Crippen molar-refractivity contribution in [2.45, 2.75) is 89.3 Å². The fourth-order valence-electron chi connectivity index (χ4n) is 3.99. The second-order valence-electron chi connectivity index (χ2n) is 7.98. The summed E-state index contributed by atoms with van der Waals surface area (Å²) in [7, 11) is 0. The first-order valence-corrected chi connectivity index (χ1v) is 10.0.